The van der Waals surface area contributed by atoms with Gasteiger partial charge in [-0.05, 0) is 61.1 Å². The zero-order chi connectivity index (χ0) is 14.5. The topological polar surface area (TPSA) is 21.3 Å². The van der Waals surface area contributed by atoms with Crippen LogP contribution in [-0.4, -0.2) is 0 Å². The second-order valence-electron chi connectivity index (χ2n) is 5.45. The number of nitrogens with one attached hydrogen (secondary N) is 1. The van der Waals surface area contributed by atoms with Gasteiger partial charge in [0.15, 0.2) is 0 Å². The lowest BCUT2D eigenvalue weighted by molar-refractivity contribution is 0.0235. The van der Waals surface area contributed by atoms with Gasteiger partial charge in [-0.25, -0.2) is 0 Å². The van der Waals surface area contributed by atoms with Crippen molar-refractivity contribution in [2.24, 2.45) is 0 Å². The number of aryl methyl sites for hydroxylation is 4. The molecule has 0 aliphatic carbocycles. The molecule has 2 aromatic rings. The average Bonchev–Trinajstić information content (AvgIpc) is 2.42. The lowest BCUT2D eigenvalue weighted by atomic mass is 10.1. The van der Waals surface area contributed by atoms with Crippen LogP contribution in [0.2, 0.25) is 0 Å². The molecule has 0 fully saturated rings. The van der Waals surface area contributed by atoms with E-state index in [1.165, 1.54) is 33.4 Å². The van der Waals surface area contributed by atoms with Gasteiger partial charge in [0.05, 0.1) is 6.61 Å². The smallest absolute Gasteiger partial charge is 0.0933 e. The third kappa shape index (κ3) is 3.92. The van der Waals surface area contributed by atoms with Gasteiger partial charge >= 0.3 is 0 Å². The summed E-state index contributed by atoms with van der Waals surface area (Å²) in [6, 6.07) is 12.9. The van der Waals surface area contributed by atoms with E-state index in [1.54, 1.807) is 0 Å². The largest absolute Gasteiger partial charge is 0.297 e. The fourth-order valence-corrected chi connectivity index (χ4v) is 2.08. The summed E-state index contributed by atoms with van der Waals surface area (Å²) in [6.45, 7) is 9.83. The van der Waals surface area contributed by atoms with Crippen molar-refractivity contribution in [2.45, 2.75) is 40.8 Å². The maximum Gasteiger partial charge on any atom is 0.0933 e. The normalized spacial score (nSPS) is 10.8. The summed E-state index contributed by atoms with van der Waals surface area (Å²) in [5.41, 5.74) is 10.7. The third-order valence-corrected chi connectivity index (χ3v) is 3.76. The van der Waals surface area contributed by atoms with E-state index >= 15 is 0 Å². The molecule has 2 aromatic carbocycles. The summed E-state index contributed by atoms with van der Waals surface area (Å²) in [5, 5.41) is 0. The van der Waals surface area contributed by atoms with Gasteiger partial charge in [0.25, 0.3) is 0 Å². The van der Waals surface area contributed by atoms with Crippen molar-refractivity contribution in [3.05, 3.63) is 69.8 Å². The highest BCUT2D eigenvalue weighted by Crippen LogP contribution is 2.11. The van der Waals surface area contributed by atoms with E-state index in [1.807, 2.05) is 0 Å². The minimum atomic E-state index is 0.589. The van der Waals surface area contributed by atoms with Crippen molar-refractivity contribution < 1.29 is 4.84 Å². The van der Waals surface area contributed by atoms with E-state index in [2.05, 4.69) is 69.6 Å². The molecule has 0 saturated carbocycles. The van der Waals surface area contributed by atoms with E-state index in [0.717, 1.165) is 6.54 Å². The first-order valence-corrected chi connectivity index (χ1v) is 7.03. The van der Waals surface area contributed by atoms with Crippen molar-refractivity contribution in [3.8, 4) is 0 Å². The van der Waals surface area contributed by atoms with Crippen LogP contribution in [-0.2, 0) is 18.0 Å². The maximum absolute atomic E-state index is 5.54. The fourth-order valence-electron chi connectivity index (χ4n) is 2.08. The SMILES string of the molecule is Cc1ccc(CNOCc2ccc(C)c(C)c2)cc1C. The molecule has 0 spiro atoms. The van der Waals surface area contributed by atoms with Gasteiger partial charge < -0.3 is 0 Å². The van der Waals surface area contributed by atoms with Crippen molar-refractivity contribution in [1.82, 2.24) is 5.48 Å². The van der Waals surface area contributed by atoms with E-state index < -0.39 is 0 Å². The third-order valence-electron chi connectivity index (χ3n) is 3.76. The summed E-state index contributed by atoms with van der Waals surface area (Å²) in [6.07, 6.45) is 0. The van der Waals surface area contributed by atoms with Crippen LogP contribution in [0.3, 0.4) is 0 Å². The summed E-state index contributed by atoms with van der Waals surface area (Å²) in [7, 11) is 0. The predicted octanol–water partition coefficient (Wildman–Crippen LogP) is 4.14. The highest BCUT2D eigenvalue weighted by atomic mass is 16.6. The van der Waals surface area contributed by atoms with Gasteiger partial charge in [-0.3, -0.25) is 4.84 Å². The molecular weight excluding hydrogens is 246 g/mol. The molecule has 2 heteroatoms. The Morgan fingerprint density at radius 3 is 1.90 bits per heavy atom. The predicted molar refractivity (Wildman–Crippen MR) is 83.5 cm³/mol. The molecule has 20 heavy (non-hydrogen) atoms. The molecule has 2 nitrogen and oxygen atoms in total. The van der Waals surface area contributed by atoms with Gasteiger partial charge in [-0.2, -0.15) is 5.48 Å². The molecule has 106 valence electrons. The highest BCUT2D eigenvalue weighted by Gasteiger charge is 1.99. The van der Waals surface area contributed by atoms with E-state index in [4.69, 9.17) is 4.84 Å². The molecule has 0 atom stereocenters. The van der Waals surface area contributed by atoms with Crippen LogP contribution in [0.15, 0.2) is 36.4 Å². The van der Waals surface area contributed by atoms with Crippen molar-refractivity contribution >= 4 is 0 Å². The lowest BCUT2D eigenvalue weighted by Crippen LogP contribution is -2.14. The molecule has 0 aliphatic heterocycles. The molecule has 0 radical (unpaired) electrons. The Kier molecular flexibility index (Phi) is 4.94. The minimum absolute atomic E-state index is 0.589. The molecule has 0 aromatic heterocycles. The van der Waals surface area contributed by atoms with Gasteiger partial charge in [0.2, 0.25) is 0 Å². The number of hydrogen-bond acceptors (Lipinski definition) is 2. The second-order valence-corrected chi connectivity index (χ2v) is 5.45. The molecular formula is C18H23NO. The van der Waals surface area contributed by atoms with Crippen molar-refractivity contribution in [1.29, 1.82) is 0 Å². The Labute approximate surface area is 121 Å². The van der Waals surface area contributed by atoms with E-state index in [9.17, 15) is 0 Å². The summed E-state index contributed by atoms with van der Waals surface area (Å²) >= 11 is 0. The summed E-state index contributed by atoms with van der Waals surface area (Å²) < 4.78 is 0. The van der Waals surface area contributed by atoms with Gasteiger partial charge in [-0.15, -0.1) is 0 Å². The minimum Gasteiger partial charge on any atom is -0.297 e. The molecule has 1 N–H and O–H groups in total. The van der Waals surface area contributed by atoms with Gasteiger partial charge in [-0.1, -0.05) is 36.4 Å². The zero-order valence-electron chi connectivity index (χ0n) is 12.8. The van der Waals surface area contributed by atoms with E-state index in [0.29, 0.717) is 6.61 Å². The van der Waals surface area contributed by atoms with Crippen LogP contribution in [0.5, 0.6) is 0 Å². The van der Waals surface area contributed by atoms with Gasteiger partial charge in [0, 0.05) is 6.54 Å². The Balaban J connectivity index is 1.81. The first-order valence-electron chi connectivity index (χ1n) is 7.03. The summed E-state index contributed by atoms with van der Waals surface area (Å²) in [5.74, 6) is 0. The number of benzene rings is 2. The lowest BCUT2D eigenvalue weighted by Gasteiger charge is -2.09. The second kappa shape index (κ2) is 6.69. The Morgan fingerprint density at radius 1 is 0.750 bits per heavy atom. The average molecular weight is 269 g/mol. The molecule has 0 unspecified atom stereocenters. The van der Waals surface area contributed by atoms with E-state index in [-0.39, 0.29) is 0 Å². The molecule has 0 aliphatic rings. The quantitative estimate of drug-likeness (QED) is 0.650. The fraction of sp³-hybridized carbons (Fsp3) is 0.333. The monoisotopic (exact) mass is 269 g/mol. The molecule has 2 rings (SSSR count). The van der Waals surface area contributed by atoms with Crippen LogP contribution in [0.4, 0.5) is 0 Å². The molecule has 0 saturated heterocycles. The number of rotatable bonds is 5. The van der Waals surface area contributed by atoms with Crippen LogP contribution in [0, 0.1) is 27.7 Å². The Morgan fingerprint density at radius 2 is 1.30 bits per heavy atom. The number of hydroxylamine groups is 1. The van der Waals surface area contributed by atoms with Crippen LogP contribution in [0.25, 0.3) is 0 Å². The molecule has 0 amide bonds. The first kappa shape index (κ1) is 14.8. The molecule has 0 bridgehead atoms. The van der Waals surface area contributed by atoms with Crippen LogP contribution >= 0.6 is 0 Å². The maximum atomic E-state index is 5.54. The highest BCUT2D eigenvalue weighted by molar-refractivity contribution is 5.30. The molecule has 0 heterocycles. The van der Waals surface area contributed by atoms with Crippen molar-refractivity contribution in [3.63, 3.8) is 0 Å². The van der Waals surface area contributed by atoms with Gasteiger partial charge in [0.1, 0.15) is 0 Å². The van der Waals surface area contributed by atoms with Crippen LogP contribution in [0.1, 0.15) is 33.4 Å². The summed E-state index contributed by atoms with van der Waals surface area (Å²) in [4.78, 5) is 5.54. The Bertz CT molecular complexity index is 536. The first-order chi connectivity index (χ1) is 9.56. The standard InChI is InChI=1S/C18H23NO/c1-13-5-7-17(9-15(13)3)11-19-20-12-18-8-6-14(2)16(4)10-18/h5-10,19H,11-12H2,1-4H3. The zero-order valence-corrected chi connectivity index (χ0v) is 12.8. The van der Waals surface area contributed by atoms with Crippen LogP contribution < -0.4 is 5.48 Å². The number of hydrogen-bond donors (Lipinski definition) is 1. The Hall–Kier alpha value is -1.64. The van der Waals surface area contributed by atoms with Crippen molar-refractivity contribution in [2.75, 3.05) is 0 Å².